The molecule has 0 aromatic heterocycles. The van der Waals surface area contributed by atoms with Crippen molar-refractivity contribution in [1.82, 2.24) is 9.96 Å². The highest BCUT2D eigenvalue weighted by Crippen LogP contribution is 2.49. The molecule has 2 aromatic rings. The number of benzene rings is 2. The average Bonchev–Trinajstić information content (AvgIpc) is 3.43. The van der Waals surface area contributed by atoms with E-state index in [-0.39, 0.29) is 45.6 Å². The highest BCUT2D eigenvalue weighted by Gasteiger charge is 2.62. The van der Waals surface area contributed by atoms with E-state index in [9.17, 15) is 27.6 Å². The first kappa shape index (κ1) is 27.9. The molecule has 3 amide bonds. The normalized spacial score (nSPS) is 21.4. The molecule has 1 saturated heterocycles. The van der Waals surface area contributed by atoms with Gasteiger partial charge in [-0.25, -0.2) is 5.06 Å². The van der Waals surface area contributed by atoms with Crippen LogP contribution in [0.3, 0.4) is 0 Å². The molecular weight excluding hydrogens is 550 g/mol. The number of hydrogen-bond acceptors (Lipinski definition) is 6. The van der Waals surface area contributed by atoms with Crippen molar-refractivity contribution < 1.29 is 37.2 Å². The number of rotatable bonds is 5. The van der Waals surface area contributed by atoms with Crippen LogP contribution in [0.15, 0.2) is 41.6 Å². The van der Waals surface area contributed by atoms with Gasteiger partial charge in [-0.2, -0.15) is 13.2 Å². The molecule has 8 nitrogen and oxygen atoms in total. The number of aryl methyl sites for hydroxylation is 1. The summed E-state index contributed by atoms with van der Waals surface area (Å²) in [5, 5.41) is 4.82. The van der Waals surface area contributed by atoms with Crippen LogP contribution in [0.5, 0.6) is 0 Å². The van der Waals surface area contributed by atoms with Crippen molar-refractivity contribution in [3.05, 3.63) is 68.7 Å². The lowest BCUT2D eigenvalue weighted by molar-refractivity contribution is -0.275. The molecule has 202 valence electrons. The summed E-state index contributed by atoms with van der Waals surface area (Å²) in [4.78, 5) is 49.3. The molecule has 2 atom stereocenters. The Morgan fingerprint density at radius 3 is 2.37 bits per heavy atom. The Balaban J connectivity index is 1.63. The molecule has 0 saturated carbocycles. The van der Waals surface area contributed by atoms with Gasteiger partial charge in [-0.05, 0) is 55.3 Å². The highest BCUT2D eigenvalue weighted by molar-refractivity contribution is 6.34. The van der Waals surface area contributed by atoms with Gasteiger partial charge in [-0.15, -0.1) is 0 Å². The van der Waals surface area contributed by atoms with Crippen molar-refractivity contribution in [2.45, 2.75) is 45.0 Å². The van der Waals surface area contributed by atoms with Crippen molar-refractivity contribution in [2.24, 2.45) is 5.16 Å². The molecule has 38 heavy (non-hydrogen) atoms. The first-order valence-corrected chi connectivity index (χ1v) is 12.2. The zero-order valence-corrected chi connectivity index (χ0v) is 21.9. The van der Waals surface area contributed by atoms with E-state index in [2.05, 4.69) is 5.16 Å². The second-order valence-electron chi connectivity index (χ2n) is 8.86. The van der Waals surface area contributed by atoms with Gasteiger partial charge in [-0.3, -0.25) is 24.1 Å². The summed E-state index contributed by atoms with van der Waals surface area (Å²) < 4.78 is 42.9. The fourth-order valence-electron chi connectivity index (χ4n) is 4.46. The summed E-state index contributed by atoms with van der Waals surface area (Å²) in [6.45, 7) is 4.48. The monoisotopic (exact) mass is 571 g/mol. The molecule has 2 aromatic carbocycles. The number of imide groups is 1. The van der Waals surface area contributed by atoms with Gasteiger partial charge in [0.15, 0.2) is 0 Å². The summed E-state index contributed by atoms with van der Waals surface area (Å²) in [5.74, 6) is -1.90. The van der Waals surface area contributed by atoms with Crippen LogP contribution in [0, 0.1) is 6.92 Å². The predicted octanol–water partition coefficient (Wildman–Crippen LogP) is 5.04. The number of halogens is 5. The minimum Gasteiger partial charge on any atom is -0.374 e. The SMILES string of the molecule is CCN1OC[C@@H](N(C(C)=O)C(=O)c2ccc(C3=NOC(c4cc(Cl)cc(Cl)c4)(C(F)(F)F)C3)cc2C)C1=O. The maximum absolute atomic E-state index is 14.3. The van der Waals surface area contributed by atoms with Crippen LogP contribution in [0.1, 0.15) is 47.3 Å². The van der Waals surface area contributed by atoms with Gasteiger partial charge in [0.2, 0.25) is 5.91 Å². The van der Waals surface area contributed by atoms with Crippen molar-refractivity contribution in [2.75, 3.05) is 13.2 Å². The van der Waals surface area contributed by atoms with E-state index in [0.29, 0.717) is 5.56 Å². The van der Waals surface area contributed by atoms with Crippen LogP contribution >= 0.6 is 23.2 Å². The maximum atomic E-state index is 14.3. The number of hydrogen-bond donors (Lipinski definition) is 0. The van der Waals surface area contributed by atoms with Crippen LogP contribution in [-0.2, 0) is 24.9 Å². The minimum atomic E-state index is -4.86. The van der Waals surface area contributed by atoms with E-state index in [0.717, 1.165) is 29.0 Å². The average molecular weight is 572 g/mol. The van der Waals surface area contributed by atoms with Gasteiger partial charge in [-0.1, -0.05) is 34.4 Å². The molecule has 1 fully saturated rings. The summed E-state index contributed by atoms with van der Waals surface area (Å²) in [6.07, 6.45) is -5.53. The number of likely N-dealkylation sites (N-methyl/N-ethyl adjacent to an activating group) is 1. The fraction of sp³-hybridized carbons (Fsp3) is 0.360. The lowest BCUT2D eigenvalue weighted by atomic mass is 9.86. The quantitative estimate of drug-likeness (QED) is 0.502. The third-order valence-corrected chi connectivity index (χ3v) is 6.82. The van der Waals surface area contributed by atoms with Gasteiger partial charge in [0, 0.05) is 41.1 Å². The Labute approximate surface area is 225 Å². The smallest absolute Gasteiger partial charge is 0.374 e. The van der Waals surface area contributed by atoms with E-state index in [4.69, 9.17) is 32.9 Å². The standard InChI is InChI=1S/C25H22Cl2F3N3O5/c1-4-32-23(36)21(12-37-32)33(14(3)34)22(35)19-6-5-15(7-13(19)2)20-11-24(38-31-20,25(28,29)30)16-8-17(26)10-18(27)9-16/h5-10,21H,4,11-12H2,1-3H3/t21-,24?/m1/s1. The fourth-order valence-corrected chi connectivity index (χ4v) is 4.98. The van der Waals surface area contributed by atoms with Crippen molar-refractivity contribution in [3.63, 3.8) is 0 Å². The molecule has 13 heteroatoms. The number of nitrogens with zero attached hydrogens (tertiary/aromatic N) is 3. The molecule has 0 aliphatic carbocycles. The van der Waals surface area contributed by atoms with Crippen LogP contribution < -0.4 is 0 Å². The van der Waals surface area contributed by atoms with Crippen molar-refractivity contribution in [3.8, 4) is 0 Å². The second kappa shape index (κ2) is 10.2. The number of amides is 3. The summed E-state index contributed by atoms with van der Waals surface area (Å²) in [7, 11) is 0. The van der Waals surface area contributed by atoms with Crippen molar-refractivity contribution in [1.29, 1.82) is 0 Å². The molecular formula is C25H22Cl2F3N3O5. The number of oxime groups is 1. The first-order chi connectivity index (χ1) is 17.8. The Morgan fingerprint density at radius 1 is 1.18 bits per heavy atom. The molecule has 1 unspecified atom stereocenters. The van der Waals surface area contributed by atoms with Crippen LogP contribution in [-0.4, -0.2) is 58.8 Å². The van der Waals surface area contributed by atoms with Gasteiger partial charge in [0.05, 0.1) is 5.71 Å². The number of carbonyl (C=O) groups excluding carboxylic acids is 3. The lowest BCUT2D eigenvalue weighted by Crippen LogP contribution is -2.49. The maximum Gasteiger partial charge on any atom is 0.435 e. The summed E-state index contributed by atoms with van der Waals surface area (Å²) in [6, 6.07) is 6.67. The largest absolute Gasteiger partial charge is 0.435 e. The number of alkyl halides is 3. The van der Waals surface area contributed by atoms with Gasteiger partial charge in [0.25, 0.3) is 17.4 Å². The Kier molecular flexibility index (Phi) is 7.48. The molecule has 2 heterocycles. The third kappa shape index (κ3) is 4.85. The zero-order valence-electron chi connectivity index (χ0n) is 20.4. The lowest BCUT2D eigenvalue weighted by Gasteiger charge is -2.29. The highest BCUT2D eigenvalue weighted by atomic mass is 35.5. The summed E-state index contributed by atoms with van der Waals surface area (Å²) in [5.41, 5.74) is -2.39. The third-order valence-electron chi connectivity index (χ3n) is 6.38. The van der Waals surface area contributed by atoms with Crippen LogP contribution in [0.4, 0.5) is 13.2 Å². The molecule has 4 rings (SSSR count). The topological polar surface area (TPSA) is 88.5 Å². The van der Waals surface area contributed by atoms with E-state index in [1.807, 2.05) is 0 Å². The Hall–Kier alpha value is -3.15. The van der Waals surface area contributed by atoms with Crippen LogP contribution in [0.2, 0.25) is 10.0 Å². The molecule has 0 bridgehead atoms. The minimum absolute atomic E-state index is 0.00936. The van der Waals surface area contributed by atoms with Crippen LogP contribution in [0.25, 0.3) is 0 Å². The zero-order chi connectivity index (χ0) is 28.0. The Bertz CT molecular complexity index is 1330. The van der Waals surface area contributed by atoms with E-state index in [1.54, 1.807) is 13.8 Å². The van der Waals surface area contributed by atoms with E-state index < -0.39 is 42.0 Å². The Morgan fingerprint density at radius 2 is 1.84 bits per heavy atom. The first-order valence-electron chi connectivity index (χ1n) is 11.5. The van der Waals surface area contributed by atoms with Gasteiger partial charge >= 0.3 is 6.18 Å². The molecule has 2 aliphatic heterocycles. The van der Waals surface area contributed by atoms with E-state index >= 15 is 0 Å². The number of carbonyl (C=O) groups is 3. The molecule has 2 aliphatic rings. The van der Waals surface area contributed by atoms with Gasteiger partial charge in [0.1, 0.15) is 12.6 Å². The number of hydroxylamine groups is 2. The van der Waals surface area contributed by atoms with Gasteiger partial charge < -0.3 is 4.84 Å². The molecule has 0 spiro atoms. The van der Waals surface area contributed by atoms with Crippen molar-refractivity contribution >= 4 is 46.6 Å². The second-order valence-corrected chi connectivity index (χ2v) is 9.73. The molecule has 0 radical (unpaired) electrons. The summed E-state index contributed by atoms with van der Waals surface area (Å²) >= 11 is 11.9. The van der Waals surface area contributed by atoms with E-state index in [1.165, 1.54) is 24.3 Å². The molecule has 0 N–H and O–H groups in total. The predicted molar refractivity (Wildman–Crippen MR) is 132 cm³/mol.